The molecule has 1 aliphatic heterocycles. The van der Waals surface area contributed by atoms with Crippen molar-refractivity contribution in [2.75, 3.05) is 0 Å². The zero-order valence-corrected chi connectivity index (χ0v) is 27.1. The predicted octanol–water partition coefficient (Wildman–Crippen LogP) is 7.29. The zero-order chi connectivity index (χ0) is 25.7. The van der Waals surface area contributed by atoms with E-state index in [1.54, 1.807) is 0 Å². The second-order valence-electron chi connectivity index (χ2n) is 10.5. The molecule has 4 aromatic rings. The van der Waals surface area contributed by atoms with E-state index < -0.39 is 27.4 Å². The molecule has 1 heterocycles. The van der Waals surface area contributed by atoms with Crippen molar-refractivity contribution < 1.29 is 17.9 Å². The quantitative estimate of drug-likeness (QED) is 0.176. The standard InChI is InChI=1S/C21H23.C12H9Si.2ClH.Zr/c1-4-15(3)19-13-18-12-11-16(5-2)21(20(18)14-19)17-9-7-6-8-10-17;1-3-7-11-9(5-1)10-6-2-4-8-12(10)13-11;;;/h6-15H,4-5H2,1-3H3;1-7H,13H2;2*1H;/q;;;;+2/p-2. The molecule has 0 N–H and O–H groups in total. The molecule has 0 amide bonds. The minimum absolute atomic E-state index is 0.125. The third-order valence-corrected chi connectivity index (χ3v) is 22.8. The van der Waals surface area contributed by atoms with Crippen molar-refractivity contribution in [3.05, 3.63) is 107 Å². The van der Waals surface area contributed by atoms with Gasteiger partial charge in [-0.15, -0.1) is 0 Å². The fourth-order valence-corrected chi connectivity index (χ4v) is 23.4. The van der Waals surface area contributed by atoms with Gasteiger partial charge in [0.1, 0.15) is 0 Å². The van der Waals surface area contributed by atoms with E-state index in [1.807, 2.05) is 0 Å². The van der Waals surface area contributed by atoms with Crippen molar-refractivity contribution in [1.82, 2.24) is 0 Å². The van der Waals surface area contributed by atoms with Crippen molar-refractivity contribution in [3.63, 3.8) is 0 Å². The minimum atomic E-state index is -3.96. The van der Waals surface area contributed by atoms with Gasteiger partial charge in [-0.1, -0.05) is 0 Å². The van der Waals surface area contributed by atoms with Gasteiger partial charge in [-0.25, -0.2) is 0 Å². The van der Waals surface area contributed by atoms with Gasteiger partial charge in [0.2, 0.25) is 0 Å². The molecule has 0 saturated carbocycles. The summed E-state index contributed by atoms with van der Waals surface area (Å²) in [5, 5.41) is 3.01. The van der Waals surface area contributed by atoms with Crippen LogP contribution in [-0.4, -0.2) is 9.52 Å². The SMILES string of the molecule is CCc1ccc2c(c1-c1ccccc1)C=C(C(C)CC)[CH]2[Zr]([Cl])([Cl])[c]1cccc2c1[SiH2]c1ccccc1-2. The number of allylic oxidation sites excluding steroid dienone is 1. The molecule has 2 aliphatic rings. The Morgan fingerprint density at radius 3 is 2.32 bits per heavy atom. The molecule has 1 aliphatic carbocycles. The Morgan fingerprint density at radius 2 is 1.57 bits per heavy atom. The number of hydrogen-bond donors (Lipinski definition) is 0. The van der Waals surface area contributed by atoms with Crippen molar-refractivity contribution in [3.8, 4) is 22.3 Å². The molecule has 186 valence electrons. The molecular formula is C33H32Cl2SiZr. The molecular weight excluding hydrogens is 587 g/mol. The van der Waals surface area contributed by atoms with Gasteiger partial charge in [0.15, 0.2) is 0 Å². The molecule has 0 radical (unpaired) electrons. The third-order valence-electron chi connectivity index (χ3n) is 8.52. The second kappa shape index (κ2) is 10.1. The van der Waals surface area contributed by atoms with Crippen LogP contribution in [0, 0.1) is 5.92 Å². The molecule has 2 atom stereocenters. The maximum atomic E-state index is 7.85. The van der Waals surface area contributed by atoms with E-state index in [4.69, 9.17) is 17.0 Å². The Labute approximate surface area is 235 Å². The van der Waals surface area contributed by atoms with E-state index >= 15 is 0 Å². The van der Waals surface area contributed by atoms with Gasteiger partial charge in [0.25, 0.3) is 0 Å². The van der Waals surface area contributed by atoms with Gasteiger partial charge >= 0.3 is 237 Å². The van der Waals surface area contributed by atoms with Gasteiger partial charge in [0.05, 0.1) is 0 Å². The number of benzene rings is 4. The Balaban J connectivity index is 1.55. The Morgan fingerprint density at radius 1 is 0.838 bits per heavy atom. The first-order chi connectivity index (χ1) is 18.0. The number of aryl methyl sites for hydroxylation is 1. The average Bonchev–Trinajstić information content (AvgIpc) is 3.51. The van der Waals surface area contributed by atoms with E-state index in [2.05, 4.69) is 112 Å². The summed E-state index contributed by atoms with van der Waals surface area (Å²) in [7, 11) is 15.1. The molecule has 0 aromatic heterocycles. The zero-order valence-electron chi connectivity index (χ0n) is 21.7. The van der Waals surface area contributed by atoms with Crippen LogP contribution in [0.3, 0.4) is 0 Å². The average molecular weight is 619 g/mol. The summed E-state index contributed by atoms with van der Waals surface area (Å²) in [4.78, 5) is 0. The summed E-state index contributed by atoms with van der Waals surface area (Å²) in [6, 6.07) is 31.2. The summed E-state index contributed by atoms with van der Waals surface area (Å²) >= 11 is -3.96. The molecule has 0 spiro atoms. The van der Waals surface area contributed by atoms with Crippen LogP contribution in [0.5, 0.6) is 0 Å². The van der Waals surface area contributed by atoms with Gasteiger partial charge in [-0.2, -0.15) is 0 Å². The van der Waals surface area contributed by atoms with E-state index in [0.29, 0.717) is 5.92 Å². The van der Waals surface area contributed by atoms with Crippen LogP contribution in [0.25, 0.3) is 28.3 Å². The summed E-state index contributed by atoms with van der Waals surface area (Å²) in [5.41, 5.74) is 10.9. The number of hydrogen-bond acceptors (Lipinski definition) is 0. The molecule has 0 bridgehead atoms. The van der Waals surface area contributed by atoms with Crippen molar-refractivity contribution in [2.24, 2.45) is 5.92 Å². The predicted molar refractivity (Wildman–Crippen MR) is 162 cm³/mol. The molecule has 0 nitrogen and oxygen atoms in total. The summed E-state index contributed by atoms with van der Waals surface area (Å²) in [6.07, 6.45) is 4.56. The fourth-order valence-electron chi connectivity index (χ4n) is 6.45. The van der Waals surface area contributed by atoms with Crippen LogP contribution < -0.4 is 13.6 Å². The third kappa shape index (κ3) is 4.20. The topological polar surface area (TPSA) is 0 Å². The molecule has 4 heteroatoms. The molecule has 0 saturated heterocycles. The summed E-state index contributed by atoms with van der Waals surface area (Å²) < 4.78 is 1.44. The molecule has 0 fully saturated rings. The van der Waals surface area contributed by atoms with E-state index in [1.165, 1.54) is 58.2 Å². The fraction of sp³-hybridized carbons (Fsp3) is 0.212. The summed E-state index contributed by atoms with van der Waals surface area (Å²) in [6.45, 7) is 6.88. The molecule has 37 heavy (non-hydrogen) atoms. The Bertz CT molecular complexity index is 1520. The van der Waals surface area contributed by atoms with Gasteiger partial charge in [0, 0.05) is 0 Å². The van der Waals surface area contributed by atoms with Crippen molar-refractivity contribution >= 4 is 46.3 Å². The first kappa shape index (κ1) is 25.6. The number of halogens is 2. The van der Waals surface area contributed by atoms with Crippen LogP contribution in [0.2, 0.25) is 0 Å². The van der Waals surface area contributed by atoms with E-state index in [0.717, 1.165) is 12.8 Å². The van der Waals surface area contributed by atoms with Crippen LogP contribution >= 0.6 is 17.0 Å². The van der Waals surface area contributed by atoms with Crippen LogP contribution in [0.4, 0.5) is 0 Å². The van der Waals surface area contributed by atoms with Gasteiger partial charge in [-0.05, 0) is 0 Å². The van der Waals surface area contributed by atoms with Crippen LogP contribution in [-0.2, 0) is 24.3 Å². The molecule has 2 unspecified atom stereocenters. The summed E-state index contributed by atoms with van der Waals surface area (Å²) in [5.74, 6) is 0.436. The first-order valence-corrected chi connectivity index (χ1v) is 23.9. The van der Waals surface area contributed by atoms with E-state index in [-0.39, 0.29) is 3.63 Å². The Hall–Kier alpha value is -1.70. The maximum absolute atomic E-state index is 7.85. The number of fused-ring (bicyclic) bond motifs is 4. The molecule has 6 rings (SSSR count). The van der Waals surface area contributed by atoms with Gasteiger partial charge < -0.3 is 0 Å². The van der Waals surface area contributed by atoms with E-state index in [9.17, 15) is 0 Å². The second-order valence-corrected chi connectivity index (χ2v) is 26.3. The number of rotatable bonds is 6. The van der Waals surface area contributed by atoms with Crippen molar-refractivity contribution in [2.45, 2.75) is 37.2 Å². The van der Waals surface area contributed by atoms with Crippen LogP contribution in [0.15, 0.2) is 90.5 Å². The normalized spacial score (nSPS) is 17.3. The van der Waals surface area contributed by atoms with Gasteiger partial charge in [-0.3, -0.25) is 0 Å². The van der Waals surface area contributed by atoms with Crippen molar-refractivity contribution in [1.29, 1.82) is 0 Å². The Kier molecular flexibility index (Phi) is 7.00. The molecule has 4 aromatic carbocycles. The van der Waals surface area contributed by atoms with Crippen LogP contribution in [0.1, 0.15) is 47.5 Å². The first-order valence-electron chi connectivity index (χ1n) is 13.5. The monoisotopic (exact) mass is 616 g/mol.